The molecule has 0 aliphatic carbocycles. The summed E-state index contributed by atoms with van der Waals surface area (Å²) >= 11 is 0. The van der Waals surface area contributed by atoms with Crippen LogP contribution in [0.15, 0.2) is 33.9 Å². The zero-order chi connectivity index (χ0) is 11.3. The fourth-order valence-electron chi connectivity index (χ4n) is 2.39. The molecule has 2 aromatic carbocycles. The van der Waals surface area contributed by atoms with Gasteiger partial charge in [-0.1, -0.05) is 24.3 Å². The van der Waals surface area contributed by atoms with Gasteiger partial charge >= 0.3 is 0 Å². The first-order valence-corrected chi connectivity index (χ1v) is 5.40. The molecule has 0 atom stereocenters. The van der Waals surface area contributed by atoms with E-state index in [1.807, 2.05) is 36.1 Å². The third-order valence-corrected chi connectivity index (χ3v) is 3.23. The van der Waals surface area contributed by atoms with Gasteiger partial charge in [0.05, 0.1) is 5.56 Å². The molecular weight excluding hydrogens is 202 g/mol. The molecule has 3 nitrogen and oxygen atoms in total. The van der Waals surface area contributed by atoms with Crippen LogP contribution in [0.5, 0.6) is 0 Å². The minimum atomic E-state index is -0.333. The average molecular weight is 213 g/mol. The number of rotatable bonds is 1. The molecule has 16 heavy (non-hydrogen) atoms. The Balaban J connectivity index is 2.30. The van der Waals surface area contributed by atoms with Crippen molar-refractivity contribution in [2.24, 2.45) is 0 Å². The maximum Gasteiger partial charge on any atom is 0.250 e. The van der Waals surface area contributed by atoms with E-state index in [0.717, 1.165) is 24.2 Å². The van der Waals surface area contributed by atoms with Crippen molar-refractivity contribution in [1.29, 1.82) is 0 Å². The molecule has 0 bridgehead atoms. The number of nitrogens with zero attached hydrogens (tertiary/aromatic N) is 1. The van der Waals surface area contributed by atoms with E-state index < -0.39 is 0 Å². The van der Waals surface area contributed by atoms with Crippen LogP contribution in [0.25, 0.3) is 11.1 Å². The van der Waals surface area contributed by atoms with Crippen LogP contribution in [0.4, 0.5) is 5.69 Å². The highest BCUT2D eigenvalue weighted by molar-refractivity contribution is 5.86. The van der Waals surface area contributed by atoms with Crippen LogP contribution < -0.4 is 15.8 Å². The van der Waals surface area contributed by atoms with Crippen molar-refractivity contribution in [3.05, 3.63) is 50.3 Å². The normalized spacial score (nSPS) is 13.7. The highest BCUT2D eigenvalue weighted by Crippen LogP contribution is 2.35. The minimum absolute atomic E-state index is 0.327. The highest BCUT2D eigenvalue weighted by atomic mass is 16.2. The third-order valence-electron chi connectivity index (χ3n) is 3.23. The van der Waals surface area contributed by atoms with E-state index in [-0.39, 0.29) is 10.9 Å². The first-order valence-electron chi connectivity index (χ1n) is 5.40. The van der Waals surface area contributed by atoms with Gasteiger partial charge in [0, 0.05) is 13.1 Å². The predicted octanol–water partition coefficient (Wildman–Crippen LogP) is 1.29. The van der Waals surface area contributed by atoms with Gasteiger partial charge in [0.1, 0.15) is 5.69 Å². The second-order valence-corrected chi connectivity index (χ2v) is 4.05. The molecule has 0 N–H and O–H groups in total. The number of anilines is 1. The number of hydrogen-bond acceptors (Lipinski definition) is 3. The van der Waals surface area contributed by atoms with E-state index in [2.05, 4.69) is 0 Å². The Labute approximate surface area is 92.6 Å². The van der Waals surface area contributed by atoms with E-state index in [4.69, 9.17) is 0 Å². The quantitative estimate of drug-likeness (QED) is 0.670. The van der Waals surface area contributed by atoms with Crippen molar-refractivity contribution in [2.45, 2.75) is 13.5 Å². The monoisotopic (exact) mass is 213 g/mol. The SMILES string of the molecule is CCN1Cc2ccccc2-c2c1c(=O)c2=O. The Morgan fingerprint density at radius 1 is 1.19 bits per heavy atom. The van der Waals surface area contributed by atoms with Gasteiger partial charge in [0.15, 0.2) is 0 Å². The minimum Gasteiger partial charge on any atom is -0.364 e. The topological polar surface area (TPSA) is 37.4 Å². The molecule has 0 spiro atoms. The van der Waals surface area contributed by atoms with Crippen molar-refractivity contribution in [1.82, 2.24) is 0 Å². The zero-order valence-electron chi connectivity index (χ0n) is 8.99. The molecule has 0 radical (unpaired) electrons. The van der Waals surface area contributed by atoms with E-state index in [9.17, 15) is 9.59 Å². The van der Waals surface area contributed by atoms with E-state index in [1.54, 1.807) is 0 Å². The summed E-state index contributed by atoms with van der Waals surface area (Å²) in [5, 5.41) is 0. The van der Waals surface area contributed by atoms with Gasteiger partial charge in [-0.05, 0) is 18.1 Å². The lowest BCUT2D eigenvalue weighted by Crippen LogP contribution is -2.44. The lowest BCUT2D eigenvalue weighted by atomic mass is 9.90. The standard InChI is InChI=1S/C13H11NO2/c1-2-14-7-8-5-3-4-6-9(8)10-11(14)13(16)12(10)15/h3-6H,2,7H2,1H3. The van der Waals surface area contributed by atoms with Gasteiger partial charge in [-0.15, -0.1) is 0 Å². The van der Waals surface area contributed by atoms with Crippen molar-refractivity contribution >= 4 is 5.69 Å². The maximum absolute atomic E-state index is 11.6. The summed E-state index contributed by atoms with van der Waals surface area (Å²) in [7, 11) is 0. The summed E-state index contributed by atoms with van der Waals surface area (Å²) < 4.78 is 0. The van der Waals surface area contributed by atoms with Gasteiger partial charge in [0.25, 0.3) is 0 Å². The molecule has 1 aliphatic rings. The zero-order valence-corrected chi connectivity index (χ0v) is 8.99. The van der Waals surface area contributed by atoms with E-state index >= 15 is 0 Å². The fourth-order valence-corrected chi connectivity index (χ4v) is 2.39. The largest absolute Gasteiger partial charge is 0.364 e. The van der Waals surface area contributed by atoms with Crippen LogP contribution in [-0.4, -0.2) is 6.54 Å². The van der Waals surface area contributed by atoms with E-state index in [1.165, 1.54) is 0 Å². The molecule has 0 amide bonds. The van der Waals surface area contributed by atoms with E-state index in [0.29, 0.717) is 11.3 Å². The molecule has 80 valence electrons. The molecule has 0 unspecified atom stereocenters. The first kappa shape index (κ1) is 9.33. The lowest BCUT2D eigenvalue weighted by Gasteiger charge is -2.32. The third kappa shape index (κ3) is 0.975. The molecule has 3 heteroatoms. The van der Waals surface area contributed by atoms with Crippen molar-refractivity contribution in [2.75, 3.05) is 11.4 Å². The second kappa shape index (κ2) is 3.04. The van der Waals surface area contributed by atoms with Gasteiger partial charge < -0.3 is 4.90 Å². The molecule has 0 saturated heterocycles. The van der Waals surface area contributed by atoms with Gasteiger partial charge in [-0.2, -0.15) is 0 Å². The van der Waals surface area contributed by atoms with Gasteiger partial charge in [0.2, 0.25) is 10.9 Å². The Hall–Kier alpha value is -1.90. The van der Waals surface area contributed by atoms with Crippen LogP contribution in [0.2, 0.25) is 0 Å². The van der Waals surface area contributed by atoms with Crippen LogP contribution in [0, 0.1) is 0 Å². The van der Waals surface area contributed by atoms with Crippen LogP contribution in [0.1, 0.15) is 12.5 Å². The maximum atomic E-state index is 11.6. The summed E-state index contributed by atoms with van der Waals surface area (Å²) in [6, 6.07) is 7.80. The predicted molar refractivity (Wildman–Crippen MR) is 63.5 cm³/mol. The second-order valence-electron chi connectivity index (χ2n) is 4.05. The van der Waals surface area contributed by atoms with Crippen LogP contribution in [-0.2, 0) is 6.54 Å². The average Bonchev–Trinajstić information content (AvgIpc) is 2.35. The molecule has 1 aliphatic heterocycles. The Morgan fingerprint density at radius 2 is 1.94 bits per heavy atom. The van der Waals surface area contributed by atoms with Crippen LogP contribution in [0.3, 0.4) is 0 Å². The lowest BCUT2D eigenvalue weighted by molar-refractivity contribution is 0.811. The number of fused-ring (bicyclic) bond motifs is 3. The summed E-state index contributed by atoms with van der Waals surface area (Å²) in [6.07, 6.45) is 0. The molecule has 2 aromatic rings. The summed E-state index contributed by atoms with van der Waals surface area (Å²) in [6.45, 7) is 3.48. The highest BCUT2D eigenvalue weighted by Gasteiger charge is 2.31. The molecule has 1 heterocycles. The molecule has 3 rings (SSSR count). The smallest absolute Gasteiger partial charge is 0.250 e. The molecule has 0 aromatic heterocycles. The first-order chi connectivity index (χ1) is 7.74. The summed E-state index contributed by atoms with van der Waals surface area (Å²) in [4.78, 5) is 25.1. The summed E-state index contributed by atoms with van der Waals surface area (Å²) in [5.41, 5.74) is 2.64. The van der Waals surface area contributed by atoms with Crippen molar-refractivity contribution in [3.63, 3.8) is 0 Å². The molecular formula is C13H11NO2. The number of benzene rings is 1. The van der Waals surface area contributed by atoms with Crippen molar-refractivity contribution in [3.8, 4) is 11.1 Å². The fraction of sp³-hybridized carbons (Fsp3) is 0.231. The Bertz CT molecular complexity index is 635. The Morgan fingerprint density at radius 3 is 2.69 bits per heavy atom. The van der Waals surface area contributed by atoms with Crippen LogP contribution >= 0.6 is 0 Å². The van der Waals surface area contributed by atoms with Gasteiger partial charge in [-0.3, -0.25) is 9.59 Å². The number of hydrogen-bond donors (Lipinski definition) is 0. The van der Waals surface area contributed by atoms with Crippen molar-refractivity contribution < 1.29 is 0 Å². The Kier molecular flexibility index (Phi) is 1.78. The van der Waals surface area contributed by atoms with Gasteiger partial charge in [-0.25, -0.2) is 0 Å². The molecule has 0 fully saturated rings. The molecule has 0 saturated carbocycles. The summed E-state index contributed by atoms with van der Waals surface area (Å²) in [5.74, 6) is 0.